The summed E-state index contributed by atoms with van der Waals surface area (Å²) in [6.07, 6.45) is -0.0239. The second-order valence-corrected chi connectivity index (χ2v) is 9.19. The van der Waals surface area contributed by atoms with Gasteiger partial charge < -0.3 is 24.6 Å². The summed E-state index contributed by atoms with van der Waals surface area (Å²) in [5, 5.41) is 2.88. The molecule has 0 bridgehead atoms. The van der Waals surface area contributed by atoms with Crippen LogP contribution in [0.3, 0.4) is 0 Å². The molecule has 35 heavy (non-hydrogen) atoms. The van der Waals surface area contributed by atoms with E-state index in [1.807, 2.05) is 44.2 Å². The Kier molecular flexibility index (Phi) is 8.87. The standard InChI is InChI=1S/C27H35N3O5/c1-18-15-30(20(3)31)19(2)17-35-24-12-11-22(28-26(32)13-21-9-7-6-8-10-21)14-23(24)27(33)29(4)16-25(18)34-5/h6-12,14,18-19,25H,13,15-17H2,1-5H3,(H,28,32)/t18-,19+,25+/m1/s1. The summed E-state index contributed by atoms with van der Waals surface area (Å²) in [4.78, 5) is 41.7. The third-order valence-corrected chi connectivity index (χ3v) is 6.34. The van der Waals surface area contributed by atoms with E-state index < -0.39 is 0 Å². The molecule has 188 valence electrons. The fourth-order valence-corrected chi connectivity index (χ4v) is 4.28. The van der Waals surface area contributed by atoms with E-state index in [-0.39, 0.29) is 48.8 Å². The Hall–Kier alpha value is -3.39. The van der Waals surface area contributed by atoms with E-state index in [0.717, 1.165) is 5.56 Å². The predicted octanol–water partition coefficient (Wildman–Crippen LogP) is 3.22. The van der Waals surface area contributed by atoms with Gasteiger partial charge in [-0.15, -0.1) is 0 Å². The highest BCUT2D eigenvalue weighted by Crippen LogP contribution is 2.26. The fraction of sp³-hybridized carbons (Fsp3) is 0.444. The van der Waals surface area contributed by atoms with Crippen LogP contribution in [0.2, 0.25) is 0 Å². The zero-order valence-electron chi connectivity index (χ0n) is 21.1. The molecule has 0 aromatic heterocycles. The van der Waals surface area contributed by atoms with Crippen molar-refractivity contribution in [1.82, 2.24) is 9.80 Å². The molecular formula is C27H35N3O5. The van der Waals surface area contributed by atoms with Gasteiger partial charge in [-0.25, -0.2) is 0 Å². The average molecular weight is 482 g/mol. The Morgan fingerprint density at radius 2 is 1.83 bits per heavy atom. The van der Waals surface area contributed by atoms with Gasteiger partial charge in [0.25, 0.3) is 5.91 Å². The summed E-state index contributed by atoms with van der Waals surface area (Å²) in [5.74, 6) is -0.0407. The van der Waals surface area contributed by atoms with Crippen LogP contribution in [0.15, 0.2) is 48.5 Å². The number of fused-ring (bicyclic) bond motifs is 1. The smallest absolute Gasteiger partial charge is 0.257 e. The Morgan fingerprint density at radius 1 is 1.11 bits per heavy atom. The number of likely N-dealkylation sites (N-methyl/N-ethyl adjacent to an activating group) is 1. The SMILES string of the molecule is CO[C@H]1CN(C)C(=O)c2cc(NC(=O)Cc3ccccc3)ccc2OC[C@H](C)N(C(C)=O)C[C@H]1C. The highest BCUT2D eigenvalue weighted by Gasteiger charge is 2.29. The van der Waals surface area contributed by atoms with Crippen molar-refractivity contribution in [3.8, 4) is 5.75 Å². The van der Waals surface area contributed by atoms with E-state index in [2.05, 4.69) is 5.32 Å². The summed E-state index contributed by atoms with van der Waals surface area (Å²) in [5.41, 5.74) is 1.76. The van der Waals surface area contributed by atoms with E-state index in [1.165, 1.54) is 0 Å². The molecule has 2 aromatic carbocycles. The molecule has 1 aliphatic heterocycles. The molecule has 1 heterocycles. The van der Waals surface area contributed by atoms with E-state index in [1.54, 1.807) is 49.1 Å². The number of amides is 3. The predicted molar refractivity (Wildman–Crippen MR) is 134 cm³/mol. The van der Waals surface area contributed by atoms with Crippen molar-refractivity contribution in [2.45, 2.75) is 39.3 Å². The van der Waals surface area contributed by atoms with E-state index in [4.69, 9.17) is 9.47 Å². The molecule has 0 saturated carbocycles. The third-order valence-electron chi connectivity index (χ3n) is 6.34. The molecule has 8 nitrogen and oxygen atoms in total. The molecule has 3 rings (SSSR count). The number of anilines is 1. The normalized spacial score (nSPS) is 21.3. The van der Waals surface area contributed by atoms with Gasteiger partial charge in [0.2, 0.25) is 11.8 Å². The quantitative estimate of drug-likeness (QED) is 0.725. The van der Waals surface area contributed by atoms with Crippen LogP contribution in [0, 0.1) is 5.92 Å². The molecule has 8 heteroatoms. The van der Waals surface area contributed by atoms with Crippen LogP contribution in [0.25, 0.3) is 0 Å². The Morgan fingerprint density at radius 3 is 2.49 bits per heavy atom. The first-order valence-electron chi connectivity index (χ1n) is 11.9. The Balaban J connectivity index is 1.88. The lowest BCUT2D eigenvalue weighted by atomic mass is 10.0. The van der Waals surface area contributed by atoms with Crippen LogP contribution in [0.4, 0.5) is 5.69 Å². The molecular weight excluding hydrogens is 446 g/mol. The highest BCUT2D eigenvalue weighted by molar-refractivity contribution is 5.99. The first-order chi connectivity index (χ1) is 16.7. The minimum atomic E-state index is -0.254. The average Bonchev–Trinajstić information content (AvgIpc) is 2.83. The molecule has 0 radical (unpaired) electrons. The largest absolute Gasteiger partial charge is 0.491 e. The third kappa shape index (κ3) is 6.82. The Bertz CT molecular complexity index is 1040. The number of nitrogens with one attached hydrogen (secondary N) is 1. The zero-order chi connectivity index (χ0) is 25.5. The first-order valence-corrected chi connectivity index (χ1v) is 11.9. The number of carbonyl (C=O) groups is 3. The topological polar surface area (TPSA) is 88.2 Å². The number of hydrogen-bond acceptors (Lipinski definition) is 5. The minimum Gasteiger partial charge on any atom is -0.491 e. The molecule has 0 aliphatic carbocycles. The number of benzene rings is 2. The van der Waals surface area contributed by atoms with Gasteiger partial charge in [0.1, 0.15) is 12.4 Å². The number of methoxy groups -OCH3 is 1. The van der Waals surface area contributed by atoms with Crippen molar-refractivity contribution in [3.63, 3.8) is 0 Å². The van der Waals surface area contributed by atoms with Gasteiger partial charge >= 0.3 is 0 Å². The molecule has 2 aromatic rings. The second-order valence-electron chi connectivity index (χ2n) is 9.19. The van der Waals surface area contributed by atoms with E-state index >= 15 is 0 Å². The second kappa shape index (κ2) is 11.8. The number of ether oxygens (including phenoxy) is 2. The van der Waals surface area contributed by atoms with Gasteiger partial charge in [0.15, 0.2) is 0 Å². The van der Waals surface area contributed by atoms with Gasteiger partial charge in [0, 0.05) is 45.8 Å². The van der Waals surface area contributed by atoms with Gasteiger partial charge in [-0.2, -0.15) is 0 Å². The molecule has 0 spiro atoms. The van der Waals surface area contributed by atoms with Crippen LogP contribution < -0.4 is 10.1 Å². The van der Waals surface area contributed by atoms with Crippen molar-refractivity contribution >= 4 is 23.4 Å². The molecule has 1 aliphatic rings. The maximum atomic E-state index is 13.4. The molecule has 3 amide bonds. The van der Waals surface area contributed by atoms with Crippen molar-refractivity contribution in [1.29, 1.82) is 0 Å². The summed E-state index contributed by atoms with van der Waals surface area (Å²) < 4.78 is 11.7. The molecule has 0 fully saturated rings. The van der Waals surface area contributed by atoms with E-state index in [9.17, 15) is 14.4 Å². The zero-order valence-corrected chi connectivity index (χ0v) is 21.1. The molecule has 0 unspecified atom stereocenters. The monoisotopic (exact) mass is 481 g/mol. The highest BCUT2D eigenvalue weighted by atomic mass is 16.5. The number of carbonyl (C=O) groups excluding carboxylic acids is 3. The minimum absolute atomic E-state index is 0.00380. The molecule has 1 N–H and O–H groups in total. The first kappa shape index (κ1) is 26.2. The van der Waals surface area contributed by atoms with Crippen LogP contribution in [0.5, 0.6) is 5.75 Å². The molecule has 3 atom stereocenters. The van der Waals surface area contributed by atoms with E-state index in [0.29, 0.717) is 30.1 Å². The molecule has 0 saturated heterocycles. The van der Waals surface area contributed by atoms with Crippen LogP contribution >= 0.6 is 0 Å². The van der Waals surface area contributed by atoms with Crippen molar-refractivity contribution in [2.24, 2.45) is 5.92 Å². The number of hydrogen-bond donors (Lipinski definition) is 1. The lowest BCUT2D eigenvalue weighted by Crippen LogP contribution is -2.48. The number of rotatable bonds is 4. The van der Waals surface area contributed by atoms with Crippen LogP contribution in [0.1, 0.15) is 36.7 Å². The van der Waals surface area contributed by atoms with Crippen molar-refractivity contribution < 1.29 is 23.9 Å². The van der Waals surface area contributed by atoms with Gasteiger partial charge in [-0.05, 0) is 30.7 Å². The van der Waals surface area contributed by atoms with Gasteiger partial charge in [-0.3, -0.25) is 14.4 Å². The van der Waals surface area contributed by atoms with Gasteiger partial charge in [0.05, 0.1) is 24.1 Å². The number of nitrogens with zero attached hydrogens (tertiary/aromatic N) is 2. The Labute approximate surface area is 207 Å². The lowest BCUT2D eigenvalue weighted by Gasteiger charge is -2.35. The summed E-state index contributed by atoms with van der Waals surface area (Å²) in [7, 11) is 3.33. The van der Waals surface area contributed by atoms with Crippen LogP contribution in [-0.2, 0) is 20.7 Å². The van der Waals surface area contributed by atoms with Gasteiger partial charge in [-0.1, -0.05) is 37.3 Å². The fourth-order valence-electron chi connectivity index (χ4n) is 4.28. The lowest BCUT2D eigenvalue weighted by molar-refractivity contribution is -0.133. The maximum Gasteiger partial charge on any atom is 0.257 e. The van der Waals surface area contributed by atoms with Crippen molar-refractivity contribution in [3.05, 3.63) is 59.7 Å². The van der Waals surface area contributed by atoms with Crippen molar-refractivity contribution in [2.75, 3.05) is 39.2 Å². The summed E-state index contributed by atoms with van der Waals surface area (Å²) in [6, 6.07) is 14.3. The van der Waals surface area contributed by atoms with Crippen LogP contribution in [-0.4, -0.2) is 73.5 Å². The maximum absolute atomic E-state index is 13.4. The summed E-state index contributed by atoms with van der Waals surface area (Å²) in [6.45, 7) is 6.56. The summed E-state index contributed by atoms with van der Waals surface area (Å²) >= 11 is 0.